The van der Waals surface area contributed by atoms with Gasteiger partial charge in [-0.1, -0.05) is 5.11 Å². The molecule has 2 saturated heterocycles. The van der Waals surface area contributed by atoms with E-state index in [1.54, 1.807) is 6.92 Å². The summed E-state index contributed by atoms with van der Waals surface area (Å²) in [5.41, 5.74) is 8.97. The molecule has 2 heterocycles. The van der Waals surface area contributed by atoms with Gasteiger partial charge in [0, 0.05) is 32.8 Å². The number of rotatable bonds is 10. The van der Waals surface area contributed by atoms with Crippen molar-refractivity contribution < 1.29 is 60.1 Å². The number of azide groups is 1. The second kappa shape index (κ2) is 13.3. The van der Waals surface area contributed by atoms with Gasteiger partial charge >= 0.3 is 17.9 Å². The molecule has 0 bridgehead atoms. The van der Waals surface area contributed by atoms with Crippen molar-refractivity contribution in [3.05, 3.63) is 10.4 Å². The Hall–Kier alpha value is -2.53. The van der Waals surface area contributed by atoms with Crippen molar-refractivity contribution in [1.29, 1.82) is 0 Å². The van der Waals surface area contributed by atoms with E-state index in [-0.39, 0.29) is 13.0 Å². The van der Waals surface area contributed by atoms with Crippen LogP contribution < -0.4 is 0 Å². The van der Waals surface area contributed by atoms with Crippen LogP contribution in [0.4, 0.5) is 0 Å². The third-order valence-corrected chi connectivity index (χ3v) is 5.91. The zero-order chi connectivity index (χ0) is 27.9. The standard InChI is InChI=1S/C20H31N3O13S/c1-9-14(36-37(6,27)28)7-13(22-23-21)19(31-9)30-8-15-16(32-10(2)24)17(33-11(3)25)18(34-12(4)26)20(29-5)35-15/h9,13-20H,7-8H2,1-6H3/t9-,13-,14+,15-,16-,17+,18-,19+,20+/m1/s1. The summed E-state index contributed by atoms with van der Waals surface area (Å²) >= 11 is 0. The number of hydrogen-bond donors (Lipinski definition) is 0. The van der Waals surface area contributed by atoms with Gasteiger partial charge in [-0.25, -0.2) is 0 Å². The number of nitrogens with zero attached hydrogens (tertiary/aromatic N) is 3. The molecule has 210 valence electrons. The number of methoxy groups -OCH3 is 1. The molecule has 0 saturated carbocycles. The molecular weight excluding hydrogens is 522 g/mol. The molecule has 9 atom stereocenters. The molecule has 0 aromatic carbocycles. The third-order valence-electron chi connectivity index (χ3n) is 5.31. The lowest BCUT2D eigenvalue weighted by atomic mass is 9.98. The van der Waals surface area contributed by atoms with Crippen LogP contribution in [-0.2, 0) is 61.8 Å². The molecule has 2 aliphatic rings. The van der Waals surface area contributed by atoms with Crippen molar-refractivity contribution in [1.82, 2.24) is 0 Å². The molecule has 0 amide bonds. The van der Waals surface area contributed by atoms with E-state index >= 15 is 0 Å². The Bertz CT molecular complexity index is 986. The number of hydrogen-bond acceptors (Lipinski definition) is 14. The highest BCUT2D eigenvalue weighted by Gasteiger charge is 2.52. The molecule has 2 fully saturated rings. The monoisotopic (exact) mass is 553 g/mol. The first-order valence-corrected chi connectivity index (χ1v) is 13.0. The van der Waals surface area contributed by atoms with Crippen LogP contribution in [0.25, 0.3) is 10.4 Å². The molecule has 0 spiro atoms. The Morgan fingerprint density at radius 2 is 1.54 bits per heavy atom. The van der Waals surface area contributed by atoms with E-state index in [2.05, 4.69) is 10.0 Å². The zero-order valence-corrected chi connectivity index (χ0v) is 22.0. The van der Waals surface area contributed by atoms with Crippen molar-refractivity contribution in [3.8, 4) is 0 Å². The molecule has 37 heavy (non-hydrogen) atoms. The molecule has 16 nitrogen and oxygen atoms in total. The van der Waals surface area contributed by atoms with Crippen LogP contribution in [0.3, 0.4) is 0 Å². The van der Waals surface area contributed by atoms with Crippen LogP contribution in [0.2, 0.25) is 0 Å². The topological polar surface area (TPSA) is 208 Å². The number of ether oxygens (including phenoxy) is 7. The Morgan fingerprint density at radius 1 is 0.973 bits per heavy atom. The largest absolute Gasteiger partial charge is 0.456 e. The van der Waals surface area contributed by atoms with Crippen LogP contribution in [0, 0.1) is 0 Å². The van der Waals surface area contributed by atoms with Crippen molar-refractivity contribution in [2.24, 2.45) is 5.11 Å². The van der Waals surface area contributed by atoms with Crippen molar-refractivity contribution in [2.45, 2.75) is 89.4 Å². The Balaban J connectivity index is 2.28. The SMILES string of the molecule is CO[C@H]1O[C@H](CO[C@H]2O[C@H](C)[C@@H](OS(C)(=O)=O)C[C@H]2N=[N+]=[N-])[C@@H](OC(C)=O)[C@H](OC(C)=O)[C@H]1OC(C)=O. The van der Waals surface area contributed by atoms with E-state index < -0.39 is 83.3 Å². The summed E-state index contributed by atoms with van der Waals surface area (Å²) in [6.07, 6.45) is -8.25. The molecule has 0 aliphatic carbocycles. The number of esters is 3. The summed E-state index contributed by atoms with van der Waals surface area (Å²) in [5.74, 6) is -2.22. The third kappa shape index (κ3) is 9.07. The molecule has 0 aromatic rings. The summed E-state index contributed by atoms with van der Waals surface area (Å²) in [6, 6.07) is -0.986. The van der Waals surface area contributed by atoms with E-state index in [4.69, 9.17) is 42.9 Å². The summed E-state index contributed by atoms with van der Waals surface area (Å²) in [4.78, 5) is 38.1. The molecule has 17 heteroatoms. The lowest BCUT2D eigenvalue weighted by molar-refractivity contribution is -0.313. The molecule has 0 N–H and O–H groups in total. The maximum absolute atomic E-state index is 11.9. The summed E-state index contributed by atoms with van der Waals surface area (Å²) in [7, 11) is -2.55. The number of carbonyl (C=O) groups is 3. The predicted octanol–water partition coefficient (Wildman–Crippen LogP) is 0.328. The Labute approximate surface area is 213 Å². The molecule has 0 radical (unpaired) electrons. The minimum atomic E-state index is -3.82. The molecular formula is C20H31N3O13S. The normalized spacial score (nSPS) is 34.1. The van der Waals surface area contributed by atoms with E-state index in [1.807, 2.05) is 0 Å². The van der Waals surface area contributed by atoms with E-state index in [0.29, 0.717) is 0 Å². The van der Waals surface area contributed by atoms with Gasteiger partial charge in [0.25, 0.3) is 10.1 Å². The highest BCUT2D eigenvalue weighted by molar-refractivity contribution is 7.86. The average molecular weight is 554 g/mol. The smallest absolute Gasteiger partial charge is 0.303 e. The highest BCUT2D eigenvalue weighted by Crippen LogP contribution is 2.31. The molecule has 2 aliphatic heterocycles. The summed E-state index contributed by atoms with van der Waals surface area (Å²) < 4.78 is 66.6. The fourth-order valence-corrected chi connectivity index (χ4v) is 4.64. The van der Waals surface area contributed by atoms with Gasteiger partial charge in [0.2, 0.25) is 0 Å². The minimum absolute atomic E-state index is 0.0346. The van der Waals surface area contributed by atoms with Crippen molar-refractivity contribution in [2.75, 3.05) is 20.0 Å². The number of carbonyl (C=O) groups excluding carboxylic acids is 3. The second-order valence-corrected chi connectivity index (χ2v) is 9.99. The molecule has 0 unspecified atom stereocenters. The first kappa shape index (κ1) is 30.7. The van der Waals surface area contributed by atoms with E-state index in [9.17, 15) is 22.8 Å². The van der Waals surface area contributed by atoms with Gasteiger partial charge in [0.1, 0.15) is 12.2 Å². The van der Waals surface area contributed by atoms with Crippen LogP contribution in [0.1, 0.15) is 34.1 Å². The first-order valence-electron chi connectivity index (χ1n) is 11.1. The van der Waals surface area contributed by atoms with Gasteiger partial charge in [-0.2, -0.15) is 8.42 Å². The van der Waals surface area contributed by atoms with Crippen LogP contribution in [0.15, 0.2) is 5.11 Å². The van der Waals surface area contributed by atoms with E-state index in [0.717, 1.165) is 27.0 Å². The van der Waals surface area contributed by atoms with Gasteiger partial charge in [-0.15, -0.1) is 0 Å². The lowest BCUT2D eigenvalue weighted by Crippen LogP contribution is -2.63. The van der Waals surface area contributed by atoms with Crippen LogP contribution in [-0.4, -0.2) is 102 Å². The summed E-state index contributed by atoms with van der Waals surface area (Å²) in [5, 5.41) is 3.62. The van der Waals surface area contributed by atoms with Gasteiger partial charge in [-0.3, -0.25) is 18.6 Å². The Morgan fingerprint density at radius 3 is 2.05 bits per heavy atom. The lowest BCUT2D eigenvalue weighted by Gasteiger charge is -2.44. The molecule has 0 aromatic heterocycles. The first-order chi connectivity index (χ1) is 17.2. The van der Waals surface area contributed by atoms with Gasteiger partial charge in [0.15, 0.2) is 30.9 Å². The summed E-state index contributed by atoms with van der Waals surface area (Å²) in [6.45, 7) is 4.58. The fraction of sp³-hybridized carbons (Fsp3) is 0.850. The predicted molar refractivity (Wildman–Crippen MR) is 120 cm³/mol. The Kier molecular flexibility index (Phi) is 11.0. The molecule has 2 rings (SSSR count). The maximum Gasteiger partial charge on any atom is 0.303 e. The second-order valence-electron chi connectivity index (χ2n) is 8.39. The van der Waals surface area contributed by atoms with Crippen molar-refractivity contribution >= 4 is 28.0 Å². The van der Waals surface area contributed by atoms with Gasteiger partial charge in [0.05, 0.1) is 25.0 Å². The highest BCUT2D eigenvalue weighted by atomic mass is 32.2. The van der Waals surface area contributed by atoms with Crippen LogP contribution in [0.5, 0.6) is 0 Å². The van der Waals surface area contributed by atoms with Crippen molar-refractivity contribution in [3.63, 3.8) is 0 Å². The van der Waals surface area contributed by atoms with E-state index in [1.165, 1.54) is 7.11 Å². The van der Waals surface area contributed by atoms with Crippen LogP contribution >= 0.6 is 0 Å². The van der Waals surface area contributed by atoms with Gasteiger partial charge < -0.3 is 33.2 Å². The average Bonchev–Trinajstić information content (AvgIpc) is 2.76. The maximum atomic E-state index is 11.9. The quantitative estimate of drug-likeness (QED) is 0.0893. The van der Waals surface area contributed by atoms with Gasteiger partial charge in [-0.05, 0) is 18.9 Å². The minimum Gasteiger partial charge on any atom is -0.456 e. The fourth-order valence-electron chi connectivity index (χ4n) is 3.96. The zero-order valence-electron chi connectivity index (χ0n) is 21.2.